The summed E-state index contributed by atoms with van der Waals surface area (Å²) in [4.78, 5) is 23.9. The molecule has 1 saturated heterocycles. The highest BCUT2D eigenvalue weighted by molar-refractivity contribution is 14.0. The first-order valence-electron chi connectivity index (χ1n) is 9.35. The Morgan fingerprint density at radius 1 is 1.48 bits per heavy atom. The van der Waals surface area contributed by atoms with Gasteiger partial charge in [-0.1, -0.05) is 6.92 Å². The van der Waals surface area contributed by atoms with E-state index in [0.29, 0.717) is 23.2 Å². The average Bonchev–Trinajstić information content (AvgIpc) is 3.24. The molecule has 2 heterocycles. The molecule has 2 N–H and O–H groups in total. The van der Waals surface area contributed by atoms with E-state index in [-0.39, 0.29) is 36.0 Å². The smallest absolute Gasteiger partial charge is 0.350 e. The van der Waals surface area contributed by atoms with Gasteiger partial charge in [0.25, 0.3) is 0 Å². The van der Waals surface area contributed by atoms with E-state index in [0.717, 1.165) is 24.1 Å². The Balaban J connectivity index is 0.00000364. The summed E-state index contributed by atoms with van der Waals surface area (Å²) < 4.78 is 5.09. The lowest BCUT2D eigenvalue weighted by atomic mass is 10.2. The van der Waals surface area contributed by atoms with Gasteiger partial charge in [-0.25, -0.2) is 9.78 Å². The summed E-state index contributed by atoms with van der Waals surface area (Å²) >= 11 is 1.38. The van der Waals surface area contributed by atoms with Crippen molar-refractivity contribution in [2.45, 2.75) is 52.6 Å². The molecule has 7 nitrogen and oxygen atoms in total. The second-order valence-corrected chi connectivity index (χ2v) is 7.46. The molecule has 1 aromatic rings. The fourth-order valence-electron chi connectivity index (χ4n) is 3.21. The number of likely N-dealkylation sites (N-methyl/N-ethyl adjacent to an activating group) is 1. The third-order valence-corrected chi connectivity index (χ3v) is 5.95. The molecule has 1 aliphatic heterocycles. The number of hydrogen-bond acceptors (Lipinski definition) is 6. The fourth-order valence-corrected chi connectivity index (χ4v) is 4.17. The molecule has 1 aliphatic rings. The van der Waals surface area contributed by atoms with Crippen molar-refractivity contribution >= 4 is 47.2 Å². The number of guanidine groups is 1. The summed E-state index contributed by atoms with van der Waals surface area (Å²) in [5, 5.41) is 7.64. The molecule has 1 aromatic heterocycles. The van der Waals surface area contributed by atoms with Gasteiger partial charge in [0.2, 0.25) is 0 Å². The van der Waals surface area contributed by atoms with Gasteiger partial charge in [-0.05, 0) is 46.7 Å². The molecule has 0 spiro atoms. The summed E-state index contributed by atoms with van der Waals surface area (Å²) in [5.74, 6) is 0.454. The number of ether oxygens (including phenoxy) is 1. The first-order valence-corrected chi connectivity index (χ1v) is 10.2. The maximum atomic E-state index is 12.0. The van der Waals surface area contributed by atoms with Gasteiger partial charge in [0, 0.05) is 19.6 Å². The predicted molar refractivity (Wildman–Crippen MR) is 121 cm³/mol. The molecule has 0 radical (unpaired) electrons. The molecule has 154 valence electrons. The molecular weight excluding hydrogens is 477 g/mol. The second-order valence-electron chi connectivity index (χ2n) is 6.43. The average molecular weight is 509 g/mol. The Bertz CT molecular complexity index is 637. The fraction of sp³-hybridized carbons (Fsp3) is 0.722. The van der Waals surface area contributed by atoms with Crippen LogP contribution in [0, 0.1) is 6.92 Å². The van der Waals surface area contributed by atoms with Crippen LogP contribution in [0.3, 0.4) is 0 Å². The number of aryl methyl sites for hydroxylation is 1. The lowest BCUT2D eigenvalue weighted by Gasteiger charge is -2.24. The number of esters is 1. The maximum absolute atomic E-state index is 12.0. The van der Waals surface area contributed by atoms with Gasteiger partial charge in [0.1, 0.15) is 9.88 Å². The van der Waals surface area contributed by atoms with Crippen LogP contribution < -0.4 is 10.6 Å². The van der Waals surface area contributed by atoms with E-state index in [9.17, 15) is 4.79 Å². The first-order chi connectivity index (χ1) is 12.5. The van der Waals surface area contributed by atoms with Gasteiger partial charge in [0.05, 0.1) is 18.3 Å². The van der Waals surface area contributed by atoms with Crippen LogP contribution in [-0.4, -0.2) is 61.1 Å². The van der Waals surface area contributed by atoms with E-state index in [4.69, 9.17) is 4.74 Å². The molecule has 9 heteroatoms. The quantitative estimate of drug-likeness (QED) is 0.255. The highest BCUT2D eigenvalue weighted by Crippen LogP contribution is 2.24. The zero-order chi connectivity index (χ0) is 19.1. The highest BCUT2D eigenvalue weighted by Gasteiger charge is 2.24. The third kappa shape index (κ3) is 6.56. The van der Waals surface area contributed by atoms with Crippen molar-refractivity contribution in [2.24, 2.45) is 4.99 Å². The molecule has 0 saturated carbocycles. The van der Waals surface area contributed by atoms with Gasteiger partial charge >= 0.3 is 5.97 Å². The van der Waals surface area contributed by atoms with Crippen LogP contribution in [0.5, 0.6) is 0 Å². The zero-order valence-corrected chi connectivity index (χ0v) is 20.0. The standard InChI is InChI=1S/C18H31N5O2S.HI/c1-6-23-10-8-9-14(23)11-20-18(19-5)22-13(4)16-21-12(3)15(26-16)17(24)25-7-2;/h13-14H,6-11H2,1-5H3,(H2,19,20,22);1H. The lowest BCUT2D eigenvalue weighted by molar-refractivity contribution is 0.0531. The molecule has 0 bridgehead atoms. The Labute approximate surface area is 183 Å². The van der Waals surface area contributed by atoms with E-state index in [1.165, 1.54) is 30.7 Å². The van der Waals surface area contributed by atoms with Gasteiger partial charge in [-0.3, -0.25) is 9.89 Å². The van der Waals surface area contributed by atoms with Gasteiger partial charge < -0.3 is 15.4 Å². The Kier molecular flexibility index (Phi) is 10.5. The number of hydrogen-bond donors (Lipinski definition) is 2. The monoisotopic (exact) mass is 509 g/mol. The molecule has 2 rings (SSSR count). The minimum Gasteiger partial charge on any atom is -0.462 e. The molecule has 0 amide bonds. The molecule has 2 unspecified atom stereocenters. The maximum Gasteiger partial charge on any atom is 0.350 e. The number of aromatic nitrogens is 1. The predicted octanol–water partition coefficient (Wildman–Crippen LogP) is 2.96. The number of nitrogens with zero attached hydrogens (tertiary/aromatic N) is 3. The second kappa shape index (κ2) is 11.8. The van der Waals surface area contributed by atoms with Crippen molar-refractivity contribution in [1.82, 2.24) is 20.5 Å². The van der Waals surface area contributed by atoms with E-state index in [1.54, 1.807) is 14.0 Å². The molecule has 0 aliphatic carbocycles. The molecule has 0 aromatic carbocycles. The number of thiazole rings is 1. The summed E-state index contributed by atoms with van der Waals surface area (Å²) in [5.41, 5.74) is 0.713. The van der Waals surface area contributed by atoms with Gasteiger partial charge in [0.15, 0.2) is 5.96 Å². The van der Waals surface area contributed by atoms with E-state index in [2.05, 4.69) is 32.4 Å². The third-order valence-electron chi connectivity index (χ3n) is 4.63. The summed E-state index contributed by atoms with van der Waals surface area (Å²) in [6, 6.07) is 0.519. The number of carbonyl (C=O) groups excluding carboxylic acids is 1. The molecule has 2 atom stereocenters. The molecular formula is C18H32IN5O2S. The highest BCUT2D eigenvalue weighted by atomic mass is 127. The Hall–Kier alpha value is -0.940. The number of rotatable bonds is 7. The van der Waals surface area contributed by atoms with Crippen molar-refractivity contribution in [3.05, 3.63) is 15.6 Å². The van der Waals surface area contributed by atoms with Crippen molar-refractivity contribution in [1.29, 1.82) is 0 Å². The Morgan fingerprint density at radius 2 is 2.22 bits per heavy atom. The number of carbonyl (C=O) groups is 1. The van der Waals surface area contributed by atoms with Crippen LogP contribution in [0.2, 0.25) is 0 Å². The largest absolute Gasteiger partial charge is 0.462 e. The topological polar surface area (TPSA) is 78.8 Å². The molecule has 1 fully saturated rings. The van der Waals surface area contributed by atoms with Crippen molar-refractivity contribution < 1.29 is 9.53 Å². The zero-order valence-electron chi connectivity index (χ0n) is 16.9. The minimum absolute atomic E-state index is 0. The SMILES string of the molecule is CCOC(=O)c1sc(C(C)NC(=NC)NCC2CCCN2CC)nc1C.I. The van der Waals surface area contributed by atoms with Crippen molar-refractivity contribution in [2.75, 3.05) is 33.3 Å². The van der Waals surface area contributed by atoms with Crippen LogP contribution in [0.25, 0.3) is 0 Å². The number of nitrogens with one attached hydrogen (secondary N) is 2. The number of likely N-dealkylation sites (tertiary alicyclic amines) is 1. The number of aliphatic imine (C=N–C) groups is 1. The van der Waals surface area contributed by atoms with E-state index >= 15 is 0 Å². The lowest BCUT2D eigenvalue weighted by Crippen LogP contribution is -2.45. The van der Waals surface area contributed by atoms with Gasteiger partial charge in [-0.15, -0.1) is 35.3 Å². The Morgan fingerprint density at radius 3 is 2.85 bits per heavy atom. The van der Waals surface area contributed by atoms with Gasteiger partial charge in [-0.2, -0.15) is 0 Å². The summed E-state index contributed by atoms with van der Waals surface area (Å²) in [7, 11) is 1.77. The van der Waals surface area contributed by atoms with Crippen LogP contribution in [0.4, 0.5) is 0 Å². The van der Waals surface area contributed by atoms with E-state index < -0.39 is 0 Å². The van der Waals surface area contributed by atoms with Crippen molar-refractivity contribution in [3.63, 3.8) is 0 Å². The summed E-state index contributed by atoms with van der Waals surface area (Å²) in [6.45, 7) is 11.4. The van der Waals surface area contributed by atoms with Crippen LogP contribution >= 0.6 is 35.3 Å². The minimum atomic E-state index is -0.302. The van der Waals surface area contributed by atoms with E-state index in [1.807, 2.05) is 13.8 Å². The summed E-state index contributed by atoms with van der Waals surface area (Å²) in [6.07, 6.45) is 2.49. The van der Waals surface area contributed by atoms with Crippen molar-refractivity contribution in [3.8, 4) is 0 Å². The van der Waals surface area contributed by atoms with Crippen LogP contribution in [0.1, 0.15) is 60.0 Å². The normalized spacial score (nSPS) is 18.7. The molecule has 27 heavy (non-hydrogen) atoms. The van der Waals surface area contributed by atoms with Crippen LogP contribution in [-0.2, 0) is 4.74 Å². The van der Waals surface area contributed by atoms with Crippen LogP contribution in [0.15, 0.2) is 4.99 Å². The number of halogens is 1. The first kappa shape index (κ1) is 24.1.